The standard InChI is InChI=1S/C21H20N4O3/c1-22-20(27)17-10-15(19(26)24-16-7-8-16)12-25(21(17)28)11-14-5-2-4-13-6-3-9-23-18(13)14/h2-6,9-10,12,16H,7-8,11H2,1H3,(H,22,27)(H,24,26). The number of benzene rings is 1. The molecule has 3 aromatic rings. The SMILES string of the molecule is CNC(=O)c1cc(C(=O)NC2CC2)cn(Cc2cccc3cccnc23)c1=O. The number of pyridine rings is 2. The molecule has 7 nitrogen and oxygen atoms in total. The average molecular weight is 376 g/mol. The van der Waals surface area contributed by atoms with Crippen LogP contribution in [0, 0.1) is 0 Å². The van der Waals surface area contributed by atoms with Gasteiger partial charge in [-0.15, -0.1) is 0 Å². The van der Waals surface area contributed by atoms with E-state index in [9.17, 15) is 14.4 Å². The Hall–Kier alpha value is -3.48. The van der Waals surface area contributed by atoms with Gasteiger partial charge in [-0.05, 0) is 30.5 Å². The Morgan fingerprint density at radius 2 is 1.96 bits per heavy atom. The summed E-state index contributed by atoms with van der Waals surface area (Å²) in [5, 5.41) is 6.32. The van der Waals surface area contributed by atoms with Crippen LogP contribution in [0.5, 0.6) is 0 Å². The van der Waals surface area contributed by atoms with E-state index in [0.29, 0.717) is 5.56 Å². The first kappa shape index (κ1) is 17.9. The van der Waals surface area contributed by atoms with E-state index in [1.54, 1.807) is 6.20 Å². The van der Waals surface area contributed by atoms with Gasteiger partial charge >= 0.3 is 0 Å². The van der Waals surface area contributed by atoms with E-state index in [2.05, 4.69) is 15.6 Å². The topological polar surface area (TPSA) is 93.1 Å². The lowest BCUT2D eigenvalue weighted by Crippen LogP contribution is -2.34. The first-order chi connectivity index (χ1) is 13.6. The molecule has 0 unspecified atom stereocenters. The molecule has 2 aromatic heterocycles. The molecule has 1 aromatic carbocycles. The Morgan fingerprint density at radius 1 is 1.18 bits per heavy atom. The number of hydrogen-bond donors (Lipinski definition) is 2. The molecule has 1 fully saturated rings. The van der Waals surface area contributed by atoms with Crippen LogP contribution in [0.1, 0.15) is 39.1 Å². The third-order valence-corrected chi connectivity index (χ3v) is 4.79. The Bertz CT molecular complexity index is 1130. The number of hydrogen-bond acceptors (Lipinski definition) is 4. The van der Waals surface area contributed by atoms with Crippen LogP contribution in [0.3, 0.4) is 0 Å². The highest BCUT2D eigenvalue weighted by Crippen LogP contribution is 2.20. The third kappa shape index (κ3) is 3.51. The molecule has 0 saturated heterocycles. The fourth-order valence-corrected chi connectivity index (χ4v) is 3.15. The predicted octanol–water partition coefficient (Wildman–Crippen LogP) is 1.70. The molecule has 142 valence electrons. The number of nitrogens with zero attached hydrogens (tertiary/aromatic N) is 2. The second kappa shape index (κ2) is 7.26. The number of para-hydroxylation sites is 1. The van der Waals surface area contributed by atoms with Crippen LogP contribution in [0.25, 0.3) is 10.9 Å². The Kier molecular flexibility index (Phi) is 4.65. The summed E-state index contributed by atoms with van der Waals surface area (Å²) in [5.41, 5.74) is 1.40. The maximum atomic E-state index is 12.9. The molecule has 0 spiro atoms. The van der Waals surface area contributed by atoms with E-state index in [1.807, 2.05) is 30.3 Å². The van der Waals surface area contributed by atoms with E-state index in [1.165, 1.54) is 23.9 Å². The molecular weight excluding hydrogens is 356 g/mol. The first-order valence-corrected chi connectivity index (χ1v) is 9.17. The van der Waals surface area contributed by atoms with Crippen molar-refractivity contribution >= 4 is 22.7 Å². The largest absolute Gasteiger partial charge is 0.355 e. The Balaban J connectivity index is 1.79. The van der Waals surface area contributed by atoms with Crippen LogP contribution in [0.15, 0.2) is 53.6 Å². The zero-order valence-electron chi connectivity index (χ0n) is 15.4. The molecule has 2 N–H and O–H groups in total. The van der Waals surface area contributed by atoms with E-state index in [0.717, 1.165) is 29.3 Å². The molecule has 1 aliphatic carbocycles. The van der Waals surface area contributed by atoms with E-state index in [-0.39, 0.29) is 24.1 Å². The number of carbonyl (C=O) groups is 2. The maximum absolute atomic E-state index is 12.9. The van der Waals surface area contributed by atoms with Crippen molar-refractivity contribution in [2.45, 2.75) is 25.4 Å². The molecule has 4 rings (SSSR count). The van der Waals surface area contributed by atoms with Gasteiger partial charge in [-0.25, -0.2) is 0 Å². The molecule has 7 heteroatoms. The fraction of sp³-hybridized carbons (Fsp3) is 0.238. The summed E-state index contributed by atoms with van der Waals surface area (Å²) < 4.78 is 1.40. The highest BCUT2D eigenvalue weighted by atomic mass is 16.2. The van der Waals surface area contributed by atoms with Gasteiger partial charge in [0.1, 0.15) is 5.56 Å². The summed E-state index contributed by atoms with van der Waals surface area (Å²) in [4.78, 5) is 42.0. The molecule has 2 amide bonds. The summed E-state index contributed by atoms with van der Waals surface area (Å²) in [7, 11) is 1.46. The number of nitrogens with one attached hydrogen (secondary N) is 2. The molecule has 28 heavy (non-hydrogen) atoms. The lowest BCUT2D eigenvalue weighted by molar-refractivity contribution is 0.0950. The van der Waals surface area contributed by atoms with Gasteiger partial charge in [-0.2, -0.15) is 0 Å². The number of carbonyl (C=O) groups excluding carboxylic acids is 2. The molecule has 0 aliphatic heterocycles. The molecule has 2 heterocycles. The number of rotatable bonds is 5. The normalized spacial score (nSPS) is 13.3. The van der Waals surface area contributed by atoms with E-state index in [4.69, 9.17) is 0 Å². The number of amides is 2. The van der Waals surface area contributed by atoms with E-state index < -0.39 is 11.5 Å². The van der Waals surface area contributed by atoms with Gasteiger partial charge in [0.25, 0.3) is 17.4 Å². The van der Waals surface area contributed by atoms with Gasteiger partial charge < -0.3 is 15.2 Å². The van der Waals surface area contributed by atoms with Gasteiger partial charge in [0.15, 0.2) is 0 Å². The van der Waals surface area contributed by atoms with Crippen LogP contribution in [-0.2, 0) is 6.54 Å². The Morgan fingerprint density at radius 3 is 2.71 bits per heavy atom. The van der Waals surface area contributed by atoms with Crippen LogP contribution in [0.4, 0.5) is 0 Å². The first-order valence-electron chi connectivity index (χ1n) is 9.17. The van der Waals surface area contributed by atoms with Crippen molar-refractivity contribution in [3.8, 4) is 0 Å². The molecule has 1 aliphatic rings. The molecule has 0 bridgehead atoms. The zero-order chi connectivity index (χ0) is 19.7. The number of aromatic nitrogens is 2. The quantitative estimate of drug-likeness (QED) is 0.709. The lowest BCUT2D eigenvalue weighted by atomic mass is 10.1. The average Bonchev–Trinajstić information content (AvgIpc) is 3.53. The predicted molar refractivity (Wildman–Crippen MR) is 105 cm³/mol. The third-order valence-electron chi connectivity index (χ3n) is 4.79. The van der Waals surface area contributed by atoms with Crippen molar-refractivity contribution in [1.82, 2.24) is 20.2 Å². The zero-order valence-corrected chi connectivity index (χ0v) is 15.4. The molecule has 0 radical (unpaired) electrons. The van der Waals surface area contributed by atoms with Crippen molar-refractivity contribution in [2.75, 3.05) is 7.05 Å². The summed E-state index contributed by atoms with van der Waals surface area (Å²) in [5.74, 6) is -0.798. The van der Waals surface area contributed by atoms with Crippen molar-refractivity contribution in [3.05, 3.63) is 75.8 Å². The van der Waals surface area contributed by atoms with Gasteiger partial charge in [0.2, 0.25) is 0 Å². The van der Waals surface area contributed by atoms with Crippen molar-refractivity contribution < 1.29 is 9.59 Å². The maximum Gasteiger partial charge on any atom is 0.263 e. The van der Waals surface area contributed by atoms with Gasteiger partial charge in [-0.1, -0.05) is 24.3 Å². The highest BCUT2D eigenvalue weighted by Gasteiger charge is 2.25. The van der Waals surface area contributed by atoms with E-state index >= 15 is 0 Å². The van der Waals surface area contributed by atoms with Crippen LogP contribution in [0.2, 0.25) is 0 Å². The van der Waals surface area contributed by atoms with Gasteiger partial charge in [-0.3, -0.25) is 19.4 Å². The van der Waals surface area contributed by atoms with Crippen LogP contribution < -0.4 is 16.2 Å². The summed E-state index contributed by atoms with van der Waals surface area (Å²) >= 11 is 0. The summed E-state index contributed by atoms with van der Waals surface area (Å²) in [6, 6.07) is 11.1. The second-order valence-electron chi connectivity index (χ2n) is 6.89. The van der Waals surface area contributed by atoms with Crippen LogP contribution in [-0.4, -0.2) is 34.5 Å². The minimum Gasteiger partial charge on any atom is -0.355 e. The minimum atomic E-state index is -0.518. The smallest absolute Gasteiger partial charge is 0.263 e. The number of fused-ring (bicyclic) bond motifs is 1. The minimum absolute atomic E-state index is 0.0563. The molecular formula is C21H20N4O3. The summed E-state index contributed by atoms with van der Waals surface area (Å²) in [6.45, 7) is 0.210. The fourth-order valence-electron chi connectivity index (χ4n) is 3.15. The van der Waals surface area contributed by atoms with Gasteiger partial charge in [0, 0.05) is 30.9 Å². The molecule has 0 atom stereocenters. The van der Waals surface area contributed by atoms with Crippen molar-refractivity contribution in [3.63, 3.8) is 0 Å². The van der Waals surface area contributed by atoms with Crippen molar-refractivity contribution in [2.24, 2.45) is 0 Å². The monoisotopic (exact) mass is 376 g/mol. The second-order valence-corrected chi connectivity index (χ2v) is 6.89. The molecule has 1 saturated carbocycles. The van der Waals surface area contributed by atoms with Crippen LogP contribution >= 0.6 is 0 Å². The Labute approximate surface area is 161 Å². The van der Waals surface area contributed by atoms with Crippen molar-refractivity contribution in [1.29, 1.82) is 0 Å². The highest BCUT2D eigenvalue weighted by molar-refractivity contribution is 5.99. The lowest BCUT2D eigenvalue weighted by Gasteiger charge is -2.13. The van der Waals surface area contributed by atoms with Gasteiger partial charge in [0.05, 0.1) is 17.6 Å². The summed E-state index contributed by atoms with van der Waals surface area (Å²) in [6.07, 6.45) is 5.11.